The van der Waals surface area contributed by atoms with Gasteiger partial charge in [-0.25, -0.2) is 0 Å². The summed E-state index contributed by atoms with van der Waals surface area (Å²) in [6.45, 7) is 6.99. The maximum atomic E-state index is 3.23. The lowest BCUT2D eigenvalue weighted by Gasteiger charge is -2.28. The van der Waals surface area contributed by atoms with Gasteiger partial charge in [0.15, 0.2) is 0 Å². The highest BCUT2D eigenvalue weighted by molar-refractivity contribution is 4.73. The van der Waals surface area contributed by atoms with Crippen molar-refractivity contribution in [1.82, 2.24) is 10.6 Å². The fourth-order valence-electron chi connectivity index (χ4n) is 1.60. The molecule has 2 nitrogen and oxygen atoms in total. The van der Waals surface area contributed by atoms with Gasteiger partial charge < -0.3 is 10.6 Å². The first-order valence-corrected chi connectivity index (χ1v) is 5.47. The first-order valence-electron chi connectivity index (χ1n) is 5.47. The predicted molar refractivity (Wildman–Crippen MR) is 60.1 cm³/mol. The Hall–Kier alpha value is -0.0800. The lowest BCUT2D eigenvalue weighted by atomic mass is 9.80. The second-order valence-corrected chi connectivity index (χ2v) is 4.22. The smallest absolute Gasteiger partial charge is 0.00467 e. The molecule has 1 atom stereocenters. The Morgan fingerprint density at radius 2 is 1.62 bits per heavy atom. The lowest BCUT2D eigenvalue weighted by molar-refractivity contribution is 0.252. The van der Waals surface area contributed by atoms with Gasteiger partial charge in [-0.3, -0.25) is 0 Å². The van der Waals surface area contributed by atoms with E-state index in [9.17, 15) is 0 Å². The minimum absolute atomic E-state index is 0.542. The quantitative estimate of drug-likeness (QED) is 0.567. The van der Waals surface area contributed by atoms with Crippen LogP contribution in [0.15, 0.2) is 0 Å². The van der Waals surface area contributed by atoms with Crippen LogP contribution in [0, 0.1) is 5.41 Å². The van der Waals surface area contributed by atoms with Gasteiger partial charge in [0.2, 0.25) is 0 Å². The van der Waals surface area contributed by atoms with Crippen molar-refractivity contribution in [2.24, 2.45) is 5.41 Å². The Kier molecular flexibility index (Phi) is 7.29. The molecule has 0 aliphatic rings. The van der Waals surface area contributed by atoms with Crippen molar-refractivity contribution >= 4 is 0 Å². The highest BCUT2D eigenvalue weighted by Gasteiger charge is 2.20. The molecule has 13 heavy (non-hydrogen) atoms. The topological polar surface area (TPSA) is 24.1 Å². The van der Waals surface area contributed by atoms with E-state index >= 15 is 0 Å². The van der Waals surface area contributed by atoms with Crippen molar-refractivity contribution in [2.75, 3.05) is 27.2 Å². The van der Waals surface area contributed by atoms with Gasteiger partial charge in [-0.15, -0.1) is 0 Å². The summed E-state index contributed by atoms with van der Waals surface area (Å²) < 4.78 is 0. The molecule has 0 heterocycles. The molecule has 0 aromatic carbocycles. The molecule has 0 amide bonds. The van der Waals surface area contributed by atoms with E-state index < -0.39 is 0 Å². The van der Waals surface area contributed by atoms with Crippen LogP contribution < -0.4 is 10.6 Å². The van der Waals surface area contributed by atoms with Crippen LogP contribution in [0.3, 0.4) is 0 Å². The Balaban J connectivity index is 3.67. The summed E-state index contributed by atoms with van der Waals surface area (Å²) in [4.78, 5) is 0. The van der Waals surface area contributed by atoms with E-state index in [-0.39, 0.29) is 0 Å². The van der Waals surface area contributed by atoms with Gasteiger partial charge in [0.25, 0.3) is 0 Å². The Labute approximate surface area is 83.5 Å². The molecule has 0 saturated carbocycles. The summed E-state index contributed by atoms with van der Waals surface area (Å²) >= 11 is 0. The van der Waals surface area contributed by atoms with E-state index in [0.29, 0.717) is 5.41 Å². The van der Waals surface area contributed by atoms with Crippen LogP contribution in [-0.2, 0) is 0 Å². The SMILES string of the molecule is CCC(C)(CCCNC)CCNC. The fourth-order valence-corrected chi connectivity index (χ4v) is 1.60. The molecule has 1 unspecified atom stereocenters. The number of rotatable bonds is 8. The molecule has 2 N–H and O–H groups in total. The molecule has 0 bridgehead atoms. The number of hydrogen-bond acceptors (Lipinski definition) is 2. The molecule has 0 saturated heterocycles. The predicted octanol–water partition coefficient (Wildman–Crippen LogP) is 2.01. The highest BCUT2D eigenvalue weighted by atomic mass is 14.8. The van der Waals surface area contributed by atoms with Crippen molar-refractivity contribution in [3.63, 3.8) is 0 Å². The molecule has 0 aromatic rings. The third kappa shape index (κ3) is 6.05. The van der Waals surface area contributed by atoms with Crippen molar-refractivity contribution in [2.45, 2.75) is 39.5 Å². The van der Waals surface area contributed by atoms with Crippen molar-refractivity contribution in [3.8, 4) is 0 Å². The van der Waals surface area contributed by atoms with E-state index in [2.05, 4.69) is 24.5 Å². The summed E-state index contributed by atoms with van der Waals surface area (Å²) in [6.07, 6.45) is 5.22. The number of hydrogen-bond donors (Lipinski definition) is 2. The van der Waals surface area contributed by atoms with E-state index in [4.69, 9.17) is 0 Å². The summed E-state index contributed by atoms with van der Waals surface area (Å²) in [5, 5.41) is 6.44. The molecular formula is C11H26N2. The van der Waals surface area contributed by atoms with E-state index in [0.717, 1.165) is 13.1 Å². The molecule has 0 aliphatic heterocycles. The second-order valence-electron chi connectivity index (χ2n) is 4.22. The monoisotopic (exact) mass is 186 g/mol. The standard InChI is InChI=1S/C11H26N2/c1-5-11(2,8-10-13-4)7-6-9-12-3/h12-13H,5-10H2,1-4H3. The van der Waals surface area contributed by atoms with Crippen LogP contribution in [0.2, 0.25) is 0 Å². The first-order chi connectivity index (χ1) is 6.18. The summed E-state index contributed by atoms with van der Waals surface area (Å²) in [5.41, 5.74) is 0.542. The number of nitrogens with one attached hydrogen (secondary N) is 2. The zero-order valence-corrected chi connectivity index (χ0v) is 9.74. The summed E-state index contributed by atoms with van der Waals surface area (Å²) in [5.74, 6) is 0. The maximum absolute atomic E-state index is 3.23. The van der Waals surface area contributed by atoms with E-state index in [1.807, 2.05) is 14.1 Å². The van der Waals surface area contributed by atoms with E-state index in [1.165, 1.54) is 25.7 Å². The highest BCUT2D eigenvalue weighted by Crippen LogP contribution is 2.30. The normalized spacial score (nSPS) is 15.7. The van der Waals surface area contributed by atoms with Gasteiger partial charge in [0.05, 0.1) is 0 Å². The van der Waals surface area contributed by atoms with Gasteiger partial charge in [0, 0.05) is 0 Å². The van der Waals surface area contributed by atoms with Gasteiger partial charge in [-0.05, 0) is 51.9 Å². The van der Waals surface area contributed by atoms with Crippen LogP contribution in [-0.4, -0.2) is 27.2 Å². The van der Waals surface area contributed by atoms with E-state index in [1.54, 1.807) is 0 Å². The van der Waals surface area contributed by atoms with Crippen LogP contribution in [0.25, 0.3) is 0 Å². The summed E-state index contributed by atoms with van der Waals surface area (Å²) in [7, 11) is 4.06. The van der Waals surface area contributed by atoms with Crippen LogP contribution in [0.5, 0.6) is 0 Å². The first kappa shape index (κ1) is 12.9. The molecular weight excluding hydrogens is 160 g/mol. The molecule has 0 spiro atoms. The van der Waals surface area contributed by atoms with Gasteiger partial charge in [0.1, 0.15) is 0 Å². The minimum atomic E-state index is 0.542. The maximum Gasteiger partial charge on any atom is -0.00467 e. The van der Waals surface area contributed by atoms with Crippen LogP contribution in [0.4, 0.5) is 0 Å². The molecule has 2 heteroatoms. The summed E-state index contributed by atoms with van der Waals surface area (Å²) in [6, 6.07) is 0. The molecule has 0 fully saturated rings. The zero-order chi connectivity index (χ0) is 10.2. The minimum Gasteiger partial charge on any atom is -0.320 e. The molecule has 80 valence electrons. The van der Waals surface area contributed by atoms with Gasteiger partial charge in [-0.2, -0.15) is 0 Å². The van der Waals surface area contributed by atoms with Gasteiger partial charge in [-0.1, -0.05) is 20.3 Å². The third-order valence-electron chi connectivity index (χ3n) is 3.04. The lowest BCUT2D eigenvalue weighted by Crippen LogP contribution is -2.23. The molecule has 0 radical (unpaired) electrons. The van der Waals surface area contributed by atoms with Crippen molar-refractivity contribution in [3.05, 3.63) is 0 Å². The molecule has 0 rings (SSSR count). The third-order valence-corrected chi connectivity index (χ3v) is 3.04. The average molecular weight is 186 g/mol. The van der Waals surface area contributed by atoms with Gasteiger partial charge >= 0.3 is 0 Å². The fraction of sp³-hybridized carbons (Fsp3) is 1.00. The van der Waals surface area contributed by atoms with Crippen LogP contribution in [0.1, 0.15) is 39.5 Å². The van der Waals surface area contributed by atoms with Crippen molar-refractivity contribution < 1.29 is 0 Å². The Morgan fingerprint density at radius 1 is 1.00 bits per heavy atom. The largest absolute Gasteiger partial charge is 0.320 e. The van der Waals surface area contributed by atoms with Crippen molar-refractivity contribution in [1.29, 1.82) is 0 Å². The second kappa shape index (κ2) is 7.34. The Bertz CT molecular complexity index is 115. The van der Waals surface area contributed by atoms with Crippen LogP contribution >= 0.6 is 0 Å². The molecule has 0 aromatic heterocycles. The zero-order valence-electron chi connectivity index (χ0n) is 9.74. The Morgan fingerprint density at radius 3 is 2.08 bits per heavy atom. The molecule has 0 aliphatic carbocycles. The average Bonchev–Trinajstić information content (AvgIpc) is 2.15.